The second-order valence-corrected chi connectivity index (χ2v) is 2.01. The lowest BCUT2D eigenvalue weighted by Crippen LogP contribution is -2.28. The summed E-state index contributed by atoms with van der Waals surface area (Å²) in [4.78, 5) is 8.03. The van der Waals surface area contributed by atoms with E-state index in [1.165, 1.54) is 0 Å². The normalized spacial score (nSPS) is 14.0. The Morgan fingerprint density at radius 1 is 1.50 bits per heavy atom. The Hall–Kier alpha value is -1.38. The SMILES string of the molecule is C1=c2cnccc2=NCO1. The summed E-state index contributed by atoms with van der Waals surface area (Å²) in [7, 11) is 0. The van der Waals surface area contributed by atoms with E-state index >= 15 is 0 Å². The second kappa shape index (κ2) is 2.10. The van der Waals surface area contributed by atoms with Crippen LogP contribution in [0.3, 0.4) is 0 Å². The Kier molecular flexibility index (Phi) is 1.13. The summed E-state index contributed by atoms with van der Waals surface area (Å²) in [5.41, 5.74) is 0. The maximum atomic E-state index is 4.96. The van der Waals surface area contributed by atoms with Crippen molar-refractivity contribution < 1.29 is 4.74 Å². The fourth-order valence-corrected chi connectivity index (χ4v) is 0.868. The van der Waals surface area contributed by atoms with E-state index in [1.54, 1.807) is 18.7 Å². The molecule has 0 saturated heterocycles. The van der Waals surface area contributed by atoms with Gasteiger partial charge in [-0.25, -0.2) is 4.99 Å². The maximum Gasteiger partial charge on any atom is 0.178 e. The molecular weight excluding hydrogens is 128 g/mol. The Bertz CT molecular complexity index is 310. The van der Waals surface area contributed by atoms with Crippen molar-refractivity contribution in [2.45, 2.75) is 0 Å². The Labute approximate surface area is 57.7 Å². The number of hydrogen-bond acceptors (Lipinski definition) is 3. The molecule has 0 bridgehead atoms. The lowest BCUT2D eigenvalue weighted by atomic mass is 10.4. The average Bonchev–Trinajstić information content (AvgIpc) is 2.05. The summed E-state index contributed by atoms with van der Waals surface area (Å²) in [5, 5.41) is 1.91. The molecule has 0 unspecified atom stereocenters. The van der Waals surface area contributed by atoms with E-state index in [1.807, 2.05) is 6.07 Å². The number of nitrogens with zero attached hydrogens (tertiary/aromatic N) is 2. The van der Waals surface area contributed by atoms with Crippen molar-refractivity contribution in [2.24, 2.45) is 4.99 Å². The Morgan fingerprint density at radius 2 is 2.50 bits per heavy atom. The number of ether oxygens (including phenoxy) is 1. The molecule has 2 rings (SSSR count). The van der Waals surface area contributed by atoms with Gasteiger partial charge in [0.1, 0.15) is 0 Å². The molecule has 0 saturated carbocycles. The predicted molar refractivity (Wildman–Crippen MR) is 35.4 cm³/mol. The summed E-state index contributed by atoms with van der Waals surface area (Å²) < 4.78 is 4.96. The van der Waals surface area contributed by atoms with Crippen molar-refractivity contribution in [3.05, 3.63) is 29.0 Å². The van der Waals surface area contributed by atoms with Crippen LogP contribution in [-0.2, 0) is 4.74 Å². The van der Waals surface area contributed by atoms with Gasteiger partial charge in [0.05, 0.1) is 16.8 Å². The van der Waals surface area contributed by atoms with Gasteiger partial charge < -0.3 is 4.74 Å². The van der Waals surface area contributed by atoms with Gasteiger partial charge in [0.15, 0.2) is 6.73 Å². The van der Waals surface area contributed by atoms with Gasteiger partial charge in [-0.05, 0) is 6.07 Å². The van der Waals surface area contributed by atoms with E-state index in [9.17, 15) is 0 Å². The maximum absolute atomic E-state index is 4.96. The van der Waals surface area contributed by atoms with Gasteiger partial charge in [-0.15, -0.1) is 0 Å². The fourth-order valence-electron chi connectivity index (χ4n) is 0.868. The monoisotopic (exact) mass is 134 g/mol. The lowest BCUT2D eigenvalue weighted by molar-refractivity contribution is 0.296. The van der Waals surface area contributed by atoms with Crippen molar-refractivity contribution in [1.82, 2.24) is 4.98 Å². The van der Waals surface area contributed by atoms with Crippen molar-refractivity contribution in [3.63, 3.8) is 0 Å². The van der Waals surface area contributed by atoms with Gasteiger partial charge in [-0.2, -0.15) is 0 Å². The van der Waals surface area contributed by atoms with Gasteiger partial charge in [0, 0.05) is 12.4 Å². The third-order valence-corrected chi connectivity index (χ3v) is 1.35. The summed E-state index contributed by atoms with van der Waals surface area (Å²) in [6.07, 6.45) is 5.13. The molecule has 0 radical (unpaired) electrons. The highest BCUT2D eigenvalue weighted by Crippen LogP contribution is 1.79. The molecule has 3 nitrogen and oxygen atoms in total. The molecule has 0 amide bonds. The van der Waals surface area contributed by atoms with Crippen LogP contribution >= 0.6 is 0 Å². The molecule has 0 fully saturated rings. The van der Waals surface area contributed by atoms with Crippen LogP contribution in [-0.4, -0.2) is 11.7 Å². The standard InChI is InChI=1S/C7H6N2O/c1-2-8-3-6-4-10-5-9-7(1)6/h1-4H,5H2. The van der Waals surface area contributed by atoms with E-state index in [4.69, 9.17) is 4.74 Å². The minimum atomic E-state index is 0.428. The zero-order chi connectivity index (χ0) is 6.81. The molecule has 1 aromatic heterocycles. The average molecular weight is 134 g/mol. The lowest BCUT2D eigenvalue weighted by Gasteiger charge is -1.99. The van der Waals surface area contributed by atoms with Gasteiger partial charge in [-0.3, -0.25) is 4.98 Å². The molecule has 0 spiro atoms. The summed E-state index contributed by atoms with van der Waals surface area (Å²) in [6.45, 7) is 0.428. The smallest absolute Gasteiger partial charge is 0.178 e. The molecule has 0 aliphatic carbocycles. The second-order valence-electron chi connectivity index (χ2n) is 2.01. The summed E-state index contributed by atoms with van der Waals surface area (Å²) >= 11 is 0. The third kappa shape index (κ3) is 0.757. The van der Waals surface area contributed by atoms with Crippen LogP contribution in [0, 0.1) is 0 Å². The van der Waals surface area contributed by atoms with Crippen LogP contribution in [0.4, 0.5) is 0 Å². The van der Waals surface area contributed by atoms with E-state index in [2.05, 4.69) is 9.98 Å². The minimum Gasteiger partial charge on any atom is -0.478 e. The molecular formula is C7H6N2O. The molecule has 10 heavy (non-hydrogen) atoms. The van der Waals surface area contributed by atoms with Crippen molar-refractivity contribution in [2.75, 3.05) is 6.73 Å². The van der Waals surface area contributed by atoms with Gasteiger partial charge in [-0.1, -0.05) is 0 Å². The molecule has 3 heteroatoms. The highest BCUT2D eigenvalue weighted by Gasteiger charge is 1.90. The molecule has 1 aromatic rings. The van der Waals surface area contributed by atoms with Crippen molar-refractivity contribution >= 4 is 6.26 Å². The Balaban J connectivity index is 2.84. The van der Waals surface area contributed by atoms with Crippen LogP contribution in [0.15, 0.2) is 23.5 Å². The van der Waals surface area contributed by atoms with Crippen molar-refractivity contribution in [1.29, 1.82) is 0 Å². The number of aromatic nitrogens is 1. The first kappa shape index (κ1) is 5.41. The predicted octanol–water partition coefficient (Wildman–Crippen LogP) is -0.573. The van der Waals surface area contributed by atoms with Gasteiger partial charge >= 0.3 is 0 Å². The van der Waals surface area contributed by atoms with Gasteiger partial charge in [0.25, 0.3) is 0 Å². The van der Waals surface area contributed by atoms with Crippen LogP contribution in [0.2, 0.25) is 0 Å². The zero-order valence-corrected chi connectivity index (χ0v) is 5.32. The van der Waals surface area contributed by atoms with Crippen LogP contribution in [0.1, 0.15) is 0 Å². The summed E-state index contributed by atoms with van der Waals surface area (Å²) in [5.74, 6) is 0. The van der Waals surface area contributed by atoms with Gasteiger partial charge in [0.2, 0.25) is 0 Å². The largest absolute Gasteiger partial charge is 0.478 e. The molecule has 0 aromatic carbocycles. The fraction of sp³-hybridized carbons (Fsp3) is 0.143. The first-order valence-electron chi connectivity index (χ1n) is 3.03. The van der Waals surface area contributed by atoms with Crippen LogP contribution < -0.4 is 10.6 Å². The molecule has 0 atom stereocenters. The number of pyridine rings is 1. The highest BCUT2D eigenvalue weighted by molar-refractivity contribution is 5.14. The first-order chi connectivity index (χ1) is 4.97. The Morgan fingerprint density at radius 3 is 3.40 bits per heavy atom. The quantitative estimate of drug-likeness (QED) is 0.476. The number of rotatable bonds is 0. The van der Waals surface area contributed by atoms with Crippen LogP contribution in [0.5, 0.6) is 0 Å². The van der Waals surface area contributed by atoms with E-state index in [-0.39, 0.29) is 0 Å². The van der Waals surface area contributed by atoms with Crippen LogP contribution in [0.25, 0.3) is 6.26 Å². The molecule has 0 N–H and O–H groups in total. The molecule has 1 aliphatic rings. The number of fused-ring (bicyclic) bond motifs is 1. The number of hydrogen-bond donors (Lipinski definition) is 0. The van der Waals surface area contributed by atoms with E-state index < -0.39 is 0 Å². The highest BCUT2D eigenvalue weighted by atomic mass is 16.5. The van der Waals surface area contributed by atoms with E-state index in [0.29, 0.717) is 6.73 Å². The molecule has 2 heterocycles. The summed E-state index contributed by atoms with van der Waals surface area (Å²) in [6, 6.07) is 1.87. The molecule has 50 valence electrons. The first-order valence-corrected chi connectivity index (χ1v) is 3.03. The third-order valence-electron chi connectivity index (χ3n) is 1.35. The van der Waals surface area contributed by atoms with E-state index in [0.717, 1.165) is 10.6 Å². The minimum absolute atomic E-state index is 0.428. The zero-order valence-electron chi connectivity index (χ0n) is 5.32. The topological polar surface area (TPSA) is 34.5 Å². The molecule has 1 aliphatic heterocycles. The van der Waals surface area contributed by atoms with Crippen molar-refractivity contribution in [3.8, 4) is 0 Å².